The fourth-order valence-corrected chi connectivity index (χ4v) is 3.30. The molecule has 2 aromatic rings. The lowest BCUT2D eigenvalue weighted by atomic mass is 10.1. The minimum Gasteiger partial charge on any atom is -0.324 e. The van der Waals surface area contributed by atoms with E-state index in [9.17, 15) is 13.6 Å². The number of carbonyl (C=O) groups is 1. The zero-order valence-electron chi connectivity index (χ0n) is 12.8. The summed E-state index contributed by atoms with van der Waals surface area (Å²) < 4.78 is 25.0. The Kier molecular flexibility index (Phi) is 6.47. The Bertz CT molecular complexity index is 692. The average molecular weight is 353 g/mol. The number of para-hydroxylation sites is 1. The number of halogens is 2. The highest BCUT2D eigenvalue weighted by atomic mass is 32.2. The van der Waals surface area contributed by atoms with Gasteiger partial charge in [0.15, 0.2) is 0 Å². The summed E-state index contributed by atoms with van der Waals surface area (Å²) >= 11 is 1.85. The van der Waals surface area contributed by atoms with Gasteiger partial charge in [-0.05, 0) is 49.2 Å². The summed E-state index contributed by atoms with van der Waals surface area (Å²) in [6.07, 6.45) is 0. The van der Waals surface area contributed by atoms with E-state index in [1.807, 2.05) is 32.0 Å². The van der Waals surface area contributed by atoms with Crippen molar-refractivity contribution in [1.29, 1.82) is 0 Å². The Hall–Kier alpha value is -1.53. The summed E-state index contributed by atoms with van der Waals surface area (Å²) in [6, 6.07) is 12.6. The van der Waals surface area contributed by atoms with Crippen molar-refractivity contribution in [1.82, 2.24) is 0 Å². The van der Waals surface area contributed by atoms with E-state index in [0.29, 0.717) is 22.3 Å². The van der Waals surface area contributed by atoms with Crippen LogP contribution in [0.3, 0.4) is 0 Å². The molecule has 2 nitrogen and oxygen atoms in total. The Balaban J connectivity index is 1.96. The largest absolute Gasteiger partial charge is 0.324 e. The first-order valence-electron chi connectivity index (χ1n) is 6.99. The van der Waals surface area contributed by atoms with Gasteiger partial charge in [0.1, 0.15) is 0 Å². The van der Waals surface area contributed by atoms with E-state index >= 15 is 0 Å². The second kappa shape index (κ2) is 8.36. The maximum Gasteiger partial charge on any atom is 0.288 e. The lowest BCUT2D eigenvalue weighted by Crippen LogP contribution is -2.14. The Morgan fingerprint density at radius 2 is 1.87 bits per heavy atom. The molecule has 122 valence electrons. The van der Waals surface area contributed by atoms with Crippen LogP contribution in [-0.2, 0) is 4.79 Å². The van der Waals surface area contributed by atoms with E-state index < -0.39 is 5.76 Å². The van der Waals surface area contributed by atoms with E-state index in [2.05, 4.69) is 5.32 Å². The van der Waals surface area contributed by atoms with Crippen LogP contribution in [0.25, 0.3) is 0 Å². The highest BCUT2D eigenvalue weighted by Gasteiger charge is 2.12. The molecule has 1 N–H and O–H groups in total. The van der Waals surface area contributed by atoms with Crippen LogP contribution in [0.15, 0.2) is 52.3 Å². The van der Waals surface area contributed by atoms with Gasteiger partial charge in [0.25, 0.3) is 5.76 Å². The molecule has 0 aliphatic heterocycles. The highest BCUT2D eigenvalue weighted by molar-refractivity contribution is 8.00. The number of alkyl halides is 2. The fourth-order valence-electron chi connectivity index (χ4n) is 1.91. The molecule has 23 heavy (non-hydrogen) atoms. The highest BCUT2D eigenvalue weighted by Crippen LogP contribution is 2.31. The molecule has 1 amide bonds. The van der Waals surface area contributed by atoms with Crippen LogP contribution in [0.2, 0.25) is 0 Å². The minimum absolute atomic E-state index is 0.212. The topological polar surface area (TPSA) is 29.1 Å². The van der Waals surface area contributed by atoms with Crippen molar-refractivity contribution in [2.45, 2.75) is 29.4 Å². The van der Waals surface area contributed by atoms with Gasteiger partial charge in [-0.15, -0.1) is 11.8 Å². The van der Waals surface area contributed by atoms with E-state index in [-0.39, 0.29) is 11.7 Å². The number of amides is 1. The summed E-state index contributed by atoms with van der Waals surface area (Å²) in [6.45, 7) is 4.06. The van der Waals surface area contributed by atoms with Crippen LogP contribution < -0.4 is 5.32 Å². The molecule has 0 aromatic heterocycles. The van der Waals surface area contributed by atoms with Crippen molar-refractivity contribution < 1.29 is 13.6 Å². The number of hydrogen-bond acceptors (Lipinski definition) is 3. The summed E-state index contributed by atoms with van der Waals surface area (Å²) in [5.74, 6) is -2.50. The monoisotopic (exact) mass is 353 g/mol. The predicted molar refractivity (Wildman–Crippen MR) is 93.6 cm³/mol. The van der Waals surface area contributed by atoms with E-state index in [1.165, 1.54) is 22.9 Å². The van der Waals surface area contributed by atoms with Gasteiger partial charge in [-0.25, -0.2) is 0 Å². The van der Waals surface area contributed by atoms with Gasteiger partial charge >= 0.3 is 0 Å². The van der Waals surface area contributed by atoms with Gasteiger partial charge in [-0.2, -0.15) is 8.78 Å². The first-order chi connectivity index (χ1) is 11.0. The lowest BCUT2D eigenvalue weighted by molar-refractivity contribution is -0.113. The van der Waals surface area contributed by atoms with Crippen LogP contribution in [0, 0.1) is 13.8 Å². The van der Waals surface area contributed by atoms with Crippen LogP contribution in [0.1, 0.15) is 11.1 Å². The quantitative estimate of drug-likeness (QED) is 0.710. The Labute approximate surface area is 143 Å². The van der Waals surface area contributed by atoms with Crippen molar-refractivity contribution in [2.24, 2.45) is 0 Å². The fraction of sp³-hybridized carbons (Fsp3) is 0.235. The number of benzene rings is 2. The Morgan fingerprint density at radius 1 is 1.13 bits per heavy atom. The molecular formula is C17H17F2NOS2. The number of aryl methyl sites for hydroxylation is 2. The van der Waals surface area contributed by atoms with E-state index in [0.717, 1.165) is 4.90 Å². The van der Waals surface area contributed by atoms with Gasteiger partial charge in [0.05, 0.1) is 11.4 Å². The van der Waals surface area contributed by atoms with Crippen molar-refractivity contribution >= 4 is 35.1 Å². The van der Waals surface area contributed by atoms with Crippen molar-refractivity contribution in [3.8, 4) is 0 Å². The number of carbonyl (C=O) groups excluding carboxylic acids is 1. The second-order valence-electron chi connectivity index (χ2n) is 4.96. The van der Waals surface area contributed by atoms with Gasteiger partial charge in [0.2, 0.25) is 5.91 Å². The third-order valence-corrected chi connectivity index (χ3v) is 5.01. The standard InChI is InChI=1S/C17H17F2NOS2/c1-11-7-8-13(9-12(11)2)22-10-16(21)20-14-5-3-4-6-15(14)23-17(18)19/h3-9,17H,10H2,1-2H3,(H,20,21). The number of anilines is 1. The molecule has 0 saturated heterocycles. The first-order valence-corrected chi connectivity index (χ1v) is 8.86. The molecule has 0 aliphatic rings. The SMILES string of the molecule is Cc1ccc(SCC(=O)Nc2ccccc2SC(F)F)cc1C. The number of rotatable bonds is 6. The molecule has 0 radical (unpaired) electrons. The molecule has 6 heteroatoms. The van der Waals surface area contributed by atoms with Crippen molar-refractivity contribution in [3.05, 3.63) is 53.6 Å². The normalized spacial score (nSPS) is 10.8. The first kappa shape index (κ1) is 17.8. The number of hydrogen-bond donors (Lipinski definition) is 1. The van der Waals surface area contributed by atoms with Crippen molar-refractivity contribution in [2.75, 3.05) is 11.1 Å². The van der Waals surface area contributed by atoms with Crippen LogP contribution in [-0.4, -0.2) is 17.4 Å². The molecule has 0 saturated carbocycles. The lowest BCUT2D eigenvalue weighted by Gasteiger charge is -2.10. The summed E-state index contributed by atoms with van der Waals surface area (Å²) in [4.78, 5) is 13.4. The van der Waals surface area contributed by atoms with Gasteiger partial charge in [-0.1, -0.05) is 30.0 Å². The van der Waals surface area contributed by atoms with E-state index in [1.54, 1.807) is 24.3 Å². The maximum atomic E-state index is 12.5. The maximum absolute atomic E-state index is 12.5. The molecule has 0 unspecified atom stereocenters. The molecule has 0 aliphatic carbocycles. The molecule has 0 heterocycles. The third-order valence-electron chi connectivity index (χ3n) is 3.23. The smallest absolute Gasteiger partial charge is 0.288 e. The van der Waals surface area contributed by atoms with Gasteiger partial charge in [0, 0.05) is 9.79 Å². The zero-order valence-corrected chi connectivity index (χ0v) is 14.4. The van der Waals surface area contributed by atoms with Gasteiger partial charge in [-0.3, -0.25) is 4.79 Å². The summed E-state index contributed by atoms with van der Waals surface area (Å²) in [5, 5.41) is 2.70. The second-order valence-corrected chi connectivity index (χ2v) is 7.04. The Morgan fingerprint density at radius 3 is 2.57 bits per heavy atom. The molecule has 2 aromatic carbocycles. The molecule has 0 atom stereocenters. The number of thioether (sulfide) groups is 2. The summed E-state index contributed by atoms with van der Waals surface area (Å²) in [5.41, 5.74) is 2.80. The zero-order chi connectivity index (χ0) is 16.8. The van der Waals surface area contributed by atoms with Crippen LogP contribution in [0.4, 0.5) is 14.5 Å². The predicted octanol–water partition coefficient (Wildman–Crippen LogP) is 5.35. The van der Waals surface area contributed by atoms with Crippen LogP contribution in [0.5, 0.6) is 0 Å². The van der Waals surface area contributed by atoms with Crippen LogP contribution >= 0.6 is 23.5 Å². The third kappa shape index (κ3) is 5.55. The molecule has 0 bridgehead atoms. The molecule has 2 rings (SSSR count). The minimum atomic E-state index is -2.52. The summed E-state index contributed by atoms with van der Waals surface area (Å²) in [7, 11) is 0. The average Bonchev–Trinajstić information content (AvgIpc) is 2.50. The van der Waals surface area contributed by atoms with Crippen molar-refractivity contribution in [3.63, 3.8) is 0 Å². The molecule has 0 spiro atoms. The number of nitrogens with one attached hydrogen (secondary N) is 1. The van der Waals surface area contributed by atoms with Gasteiger partial charge < -0.3 is 5.32 Å². The molecular weight excluding hydrogens is 336 g/mol. The van der Waals surface area contributed by atoms with E-state index in [4.69, 9.17) is 0 Å². The molecule has 0 fully saturated rings.